The number of hydrogen-bond donors (Lipinski definition) is 0. The van der Waals surface area contributed by atoms with Gasteiger partial charge in [0.2, 0.25) is 5.22 Å². The predicted octanol–water partition coefficient (Wildman–Crippen LogP) is 6.35. The zero-order valence-corrected chi connectivity index (χ0v) is 19.9. The molecule has 0 spiro atoms. The topological polar surface area (TPSA) is 36.9 Å². The van der Waals surface area contributed by atoms with Crippen molar-refractivity contribution in [3.05, 3.63) is 0 Å². The van der Waals surface area contributed by atoms with Crippen LogP contribution in [0.2, 0.25) is 0 Å². The number of halogens is 17. The highest BCUT2D eigenvalue weighted by Gasteiger charge is 2.97. The lowest BCUT2D eigenvalue weighted by Gasteiger charge is -2.52. The lowest BCUT2D eigenvalue weighted by molar-refractivity contribution is -0.467. The molecular weight excluding hydrogens is 607 g/mol. The van der Waals surface area contributed by atoms with Crippen molar-refractivity contribution in [1.29, 1.82) is 0 Å². The van der Waals surface area contributed by atoms with Crippen molar-refractivity contribution >= 4 is 8.80 Å². The van der Waals surface area contributed by atoms with Crippen molar-refractivity contribution in [1.82, 2.24) is 0 Å². The van der Waals surface area contributed by atoms with Gasteiger partial charge in [0.05, 0.1) is 0 Å². The number of ether oxygens (including phenoxy) is 1. The van der Waals surface area contributed by atoms with E-state index >= 15 is 8.78 Å². The first-order chi connectivity index (χ1) is 16.6. The molecule has 1 aliphatic rings. The molecule has 228 valence electrons. The Bertz CT molecular complexity index is 826. The average molecular weight is 624 g/mol. The second-order valence-electron chi connectivity index (χ2n) is 7.82. The zero-order chi connectivity index (χ0) is 30.7. The first-order valence-electron chi connectivity index (χ1n) is 9.65. The fourth-order valence-electron chi connectivity index (χ4n) is 3.64. The lowest BCUT2D eigenvalue weighted by Crippen LogP contribution is -2.82. The van der Waals surface area contributed by atoms with E-state index in [0.717, 1.165) is 0 Å². The van der Waals surface area contributed by atoms with Crippen LogP contribution in [0.25, 0.3) is 0 Å². The summed E-state index contributed by atoms with van der Waals surface area (Å²) in [5, 5.41) is -4.31. The molecule has 0 amide bonds. The summed E-state index contributed by atoms with van der Waals surface area (Å²) in [5.41, 5.74) is 0. The molecule has 0 aliphatic carbocycles. The highest BCUT2D eigenvalue weighted by atomic mass is 28.4. The van der Waals surface area contributed by atoms with Crippen LogP contribution in [0.3, 0.4) is 0 Å². The molecule has 0 saturated carbocycles. The first-order valence-corrected chi connectivity index (χ1v) is 11.4. The summed E-state index contributed by atoms with van der Waals surface area (Å²) in [4.78, 5) is 0. The van der Waals surface area contributed by atoms with Crippen molar-refractivity contribution in [2.75, 3.05) is 27.9 Å². The second kappa shape index (κ2) is 9.75. The first kappa shape index (κ1) is 34.9. The predicted molar refractivity (Wildman–Crippen MR) is 90.0 cm³/mol. The normalized spacial score (nSPS) is 22.1. The van der Waals surface area contributed by atoms with E-state index in [1.54, 1.807) is 0 Å². The fourth-order valence-corrected chi connectivity index (χ4v) is 6.43. The Hall–Kier alpha value is -1.13. The van der Waals surface area contributed by atoms with E-state index in [9.17, 15) is 65.9 Å². The Morgan fingerprint density at radius 3 is 1.16 bits per heavy atom. The molecule has 22 heteroatoms. The SMILES string of the molecule is CO[Si](OC)(OC)C1(C(F)(F)C(F)(F)C(F)(F)C(F)(F)C(F)(F)C(F)(F)C(F)(F)C(F)(F)F)CCCCO1. The molecule has 1 heterocycles. The van der Waals surface area contributed by atoms with Gasteiger partial charge in [-0.1, -0.05) is 0 Å². The molecule has 38 heavy (non-hydrogen) atoms. The van der Waals surface area contributed by atoms with Crippen LogP contribution in [0, 0.1) is 0 Å². The molecule has 4 nitrogen and oxygen atoms in total. The number of alkyl halides is 17. The van der Waals surface area contributed by atoms with Gasteiger partial charge in [-0.15, -0.1) is 0 Å². The zero-order valence-electron chi connectivity index (χ0n) is 18.9. The maximum absolute atomic E-state index is 15.3. The molecule has 0 radical (unpaired) electrons. The van der Waals surface area contributed by atoms with Gasteiger partial charge in [0, 0.05) is 27.9 Å². The Balaban J connectivity index is 3.93. The maximum Gasteiger partial charge on any atom is 0.540 e. The molecule has 0 N–H and O–H groups in total. The third-order valence-electron chi connectivity index (χ3n) is 5.80. The Kier molecular flexibility index (Phi) is 8.95. The van der Waals surface area contributed by atoms with Crippen LogP contribution in [-0.4, -0.2) is 89.6 Å². The minimum absolute atomic E-state index is 0.269. The standard InChI is InChI=1S/C16H17F17O4Si/c1-34-38(35-2,36-3)8(6-4-5-7-37-8)9(17,18)10(19,20)11(21,22)12(23,24)13(25,26)14(27,28)15(29,30)16(31,32)33/h4-7H2,1-3H3. The van der Waals surface area contributed by atoms with Crippen LogP contribution >= 0.6 is 0 Å². The second-order valence-corrected chi connectivity index (χ2v) is 11.0. The van der Waals surface area contributed by atoms with Crippen LogP contribution in [0.4, 0.5) is 74.6 Å². The fraction of sp³-hybridized carbons (Fsp3) is 1.00. The highest BCUT2D eigenvalue weighted by molar-refractivity contribution is 6.64. The van der Waals surface area contributed by atoms with E-state index in [0.29, 0.717) is 21.3 Å². The number of hydrogen-bond acceptors (Lipinski definition) is 4. The average Bonchev–Trinajstić information content (AvgIpc) is 2.79. The summed E-state index contributed by atoms with van der Waals surface area (Å²) in [7, 11) is -4.39. The smallest absolute Gasteiger partial charge is 0.375 e. The summed E-state index contributed by atoms with van der Waals surface area (Å²) in [6, 6.07) is 0. The van der Waals surface area contributed by atoms with Crippen LogP contribution in [0.15, 0.2) is 0 Å². The Morgan fingerprint density at radius 2 is 0.868 bits per heavy atom. The highest BCUT2D eigenvalue weighted by Crippen LogP contribution is 2.66. The lowest BCUT2D eigenvalue weighted by atomic mass is 9.86. The van der Waals surface area contributed by atoms with Gasteiger partial charge in [0.25, 0.3) is 0 Å². The van der Waals surface area contributed by atoms with Crippen molar-refractivity contribution in [3.8, 4) is 0 Å². The van der Waals surface area contributed by atoms with Gasteiger partial charge < -0.3 is 18.0 Å². The molecule has 1 rings (SSSR count). The van der Waals surface area contributed by atoms with E-state index in [2.05, 4.69) is 18.0 Å². The van der Waals surface area contributed by atoms with Gasteiger partial charge in [0.1, 0.15) is 0 Å². The van der Waals surface area contributed by atoms with Crippen LogP contribution < -0.4 is 0 Å². The third-order valence-corrected chi connectivity index (χ3v) is 9.11. The van der Waals surface area contributed by atoms with E-state index in [-0.39, 0.29) is 6.42 Å². The monoisotopic (exact) mass is 624 g/mol. The van der Waals surface area contributed by atoms with Gasteiger partial charge in [-0.2, -0.15) is 74.6 Å². The molecule has 0 bridgehead atoms. The summed E-state index contributed by atoms with van der Waals surface area (Å²) >= 11 is 0. The quantitative estimate of drug-likeness (QED) is 0.198. The minimum atomic E-state index is -8.72. The summed E-state index contributed by atoms with van der Waals surface area (Å²) < 4.78 is 252. The summed E-state index contributed by atoms with van der Waals surface area (Å²) in [6.07, 6.45) is -10.3. The van der Waals surface area contributed by atoms with Crippen LogP contribution in [0.1, 0.15) is 19.3 Å². The third kappa shape index (κ3) is 4.09. The molecular formula is C16H17F17O4Si. The molecule has 1 fully saturated rings. The Labute approximate surface area is 202 Å². The summed E-state index contributed by atoms with van der Waals surface area (Å²) in [6.45, 7) is -1.04. The van der Waals surface area contributed by atoms with Crippen molar-refractivity contribution in [2.24, 2.45) is 0 Å². The molecule has 1 atom stereocenters. The molecule has 0 aromatic heterocycles. The summed E-state index contributed by atoms with van der Waals surface area (Å²) in [5.74, 6) is -57.5. The molecule has 0 aromatic rings. The molecule has 1 unspecified atom stereocenters. The van der Waals surface area contributed by atoms with E-state index in [1.165, 1.54) is 0 Å². The van der Waals surface area contributed by atoms with E-state index in [1.807, 2.05) is 0 Å². The number of rotatable bonds is 11. The van der Waals surface area contributed by atoms with E-state index in [4.69, 9.17) is 0 Å². The molecule has 1 aliphatic heterocycles. The van der Waals surface area contributed by atoms with Crippen molar-refractivity contribution in [2.45, 2.75) is 72.1 Å². The van der Waals surface area contributed by atoms with Gasteiger partial charge in [-0.25, -0.2) is 0 Å². The van der Waals surface area contributed by atoms with Gasteiger partial charge in [0.15, 0.2) is 0 Å². The van der Waals surface area contributed by atoms with Gasteiger partial charge in [-0.3, -0.25) is 0 Å². The Morgan fingerprint density at radius 1 is 0.526 bits per heavy atom. The minimum Gasteiger partial charge on any atom is -0.375 e. The largest absolute Gasteiger partial charge is 0.540 e. The molecule has 1 saturated heterocycles. The maximum atomic E-state index is 15.3. The van der Waals surface area contributed by atoms with E-state index < -0.39 is 81.1 Å². The van der Waals surface area contributed by atoms with Gasteiger partial charge in [-0.05, 0) is 19.3 Å². The van der Waals surface area contributed by atoms with Crippen molar-refractivity contribution < 1.29 is 92.7 Å². The van der Waals surface area contributed by atoms with Crippen LogP contribution in [0.5, 0.6) is 0 Å². The van der Waals surface area contributed by atoms with Gasteiger partial charge >= 0.3 is 56.4 Å². The van der Waals surface area contributed by atoms with Crippen LogP contribution in [-0.2, 0) is 18.0 Å². The molecule has 0 aromatic carbocycles. The van der Waals surface area contributed by atoms with Crippen molar-refractivity contribution in [3.63, 3.8) is 0 Å².